The third-order valence-corrected chi connectivity index (χ3v) is 7.09. The van der Waals surface area contributed by atoms with Crippen LogP contribution in [0.25, 0.3) is 0 Å². The van der Waals surface area contributed by atoms with E-state index < -0.39 is 49.4 Å². The van der Waals surface area contributed by atoms with E-state index >= 15 is 0 Å². The zero-order chi connectivity index (χ0) is 25.6. The summed E-state index contributed by atoms with van der Waals surface area (Å²) in [6, 6.07) is 8.09. The number of aromatic amines is 1. The zero-order valence-electron chi connectivity index (χ0n) is 19.7. The van der Waals surface area contributed by atoms with Gasteiger partial charge in [-0.25, -0.2) is 14.4 Å². The molecule has 2 heterocycles. The lowest BCUT2D eigenvalue weighted by molar-refractivity contribution is -0.146. The molecule has 0 spiro atoms. The fourth-order valence-corrected chi connectivity index (χ4v) is 4.92. The van der Waals surface area contributed by atoms with Crippen molar-refractivity contribution in [2.24, 2.45) is 0 Å². The maximum atomic E-state index is 13.2. The van der Waals surface area contributed by atoms with Crippen LogP contribution in [0.15, 0.2) is 46.1 Å². The summed E-state index contributed by atoms with van der Waals surface area (Å²) in [4.78, 5) is 38.3. The SMILES string of the molecule is CCOP(=O)(NC(C)C(=O)OCc1ccccc1)OC[C@H]1O[C@@H](n2cc(C)c(=O)[nH]c2=O)C[C@@H]1O. The van der Waals surface area contributed by atoms with E-state index in [1.54, 1.807) is 6.92 Å². The van der Waals surface area contributed by atoms with Crippen LogP contribution in [0.4, 0.5) is 0 Å². The zero-order valence-corrected chi connectivity index (χ0v) is 20.6. The number of hydrogen-bond acceptors (Lipinski definition) is 9. The van der Waals surface area contributed by atoms with Crippen LogP contribution in [-0.2, 0) is 34.5 Å². The second-order valence-electron chi connectivity index (χ2n) is 8.07. The summed E-state index contributed by atoms with van der Waals surface area (Å²) in [6.07, 6.45) is -1.43. The molecule has 3 rings (SSSR count). The minimum absolute atomic E-state index is 0.0266. The van der Waals surface area contributed by atoms with Crippen molar-refractivity contribution in [2.75, 3.05) is 13.2 Å². The van der Waals surface area contributed by atoms with Gasteiger partial charge < -0.3 is 14.6 Å². The van der Waals surface area contributed by atoms with Gasteiger partial charge in [-0.2, -0.15) is 0 Å². The van der Waals surface area contributed by atoms with Gasteiger partial charge in [-0.3, -0.25) is 28.2 Å². The molecular weight excluding hydrogens is 481 g/mol. The molecular formula is C22H30N3O9P. The number of nitrogens with one attached hydrogen (secondary N) is 2. The number of benzene rings is 1. The van der Waals surface area contributed by atoms with Crippen molar-refractivity contribution in [3.05, 3.63) is 68.5 Å². The number of aliphatic hydroxyl groups excluding tert-OH is 1. The van der Waals surface area contributed by atoms with E-state index in [1.807, 2.05) is 30.3 Å². The first-order chi connectivity index (χ1) is 16.6. The van der Waals surface area contributed by atoms with Gasteiger partial charge in [0.25, 0.3) is 5.56 Å². The fraction of sp³-hybridized carbons (Fsp3) is 0.500. The van der Waals surface area contributed by atoms with Gasteiger partial charge in [-0.15, -0.1) is 0 Å². The maximum Gasteiger partial charge on any atom is 0.406 e. The van der Waals surface area contributed by atoms with Crippen molar-refractivity contribution < 1.29 is 33.0 Å². The Labute approximate surface area is 201 Å². The Balaban J connectivity index is 1.58. The lowest BCUT2D eigenvalue weighted by Gasteiger charge is -2.24. The van der Waals surface area contributed by atoms with Gasteiger partial charge in [0, 0.05) is 18.2 Å². The van der Waals surface area contributed by atoms with Crippen molar-refractivity contribution in [3.8, 4) is 0 Å². The number of aryl methyl sites for hydroxylation is 1. The largest absolute Gasteiger partial charge is 0.460 e. The number of hydrogen-bond donors (Lipinski definition) is 3. The average Bonchev–Trinajstić information content (AvgIpc) is 3.19. The van der Waals surface area contributed by atoms with E-state index in [2.05, 4.69) is 10.1 Å². The van der Waals surface area contributed by atoms with Crippen LogP contribution in [0.3, 0.4) is 0 Å². The molecule has 0 saturated carbocycles. The topological polar surface area (TPSA) is 158 Å². The van der Waals surface area contributed by atoms with Crippen LogP contribution in [0.5, 0.6) is 0 Å². The van der Waals surface area contributed by atoms with Crippen LogP contribution in [0.1, 0.15) is 37.6 Å². The maximum absolute atomic E-state index is 13.2. The molecule has 1 fully saturated rings. The number of nitrogens with zero attached hydrogens (tertiary/aromatic N) is 1. The van der Waals surface area contributed by atoms with E-state index in [1.165, 1.54) is 24.6 Å². The molecule has 1 aromatic heterocycles. The lowest BCUT2D eigenvalue weighted by atomic mass is 10.2. The smallest absolute Gasteiger partial charge is 0.406 e. The minimum atomic E-state index is -3.98. The minimum Gasteiger partial charge on any atom is -0.460 e. The Morgan fingerprint density at radius 1 is 1.31 bits per heavy atom. The van der Waals surface area contributed by atoms with Crippen molar-refractivity contribution in [2.45, 2.75) is 58.3 Å². The number of aromatic nitrogens is 2. The van der Waals surface area contributed by atoms with Gasteiger partial charge in [0.05, 0.1) is 19.3 Å². The number of carbonyl (C=O) groups is 1. The van der Waals surface area contributed by atoms with Gasteiger partial charge >= 0.3 is 19.4 Å². The van der Waals surface area contributed by atoms with Crippen molar-refractivity contribution in [1.82, 2.24) is 14.6 Å². The molecule has 1 aliphatic heterocycles. The average molecular weight is 511 g/mol. The third-order valence-electron chi connectivity index (χ3n) is 5.30. The number of H-pyrrole nitrogens is 1. The third kappa shape index (κ3) is 7.20. The molecule has 1 saturated heterocycles. The van der Waals surface area contributed by atoms with Crippen LogP contribution in [0, 0.1) is 6.92 Å². The molecule has 12 nitrogen and oxygen atoms in total. The van der Waals surface area contributed by atoms with Gasteiger partial charge in [0.2, 0.25) is 0 Å². The number of ether oxygens (including phenoxy) is 2. The first-order valence-corrected chi connectivity index (χ1v) is 12.7. The van der Waals surface area contributed by atoms with E-state index in [4.69, 9.17) is 18.5 Å². The number of esters is 1. The molecule has 1 aliphatic rings. The number of rotatable bonds is 11. The molecule has 2 unspecified atom stereocenters. The quantitative estimate of drug-likeness (QED) is 0.297. The van der Waals surface area contributed by atoms with Gasteiger partial charge in [0.1, 0.15) is 25.0 Å². The number of aliphatic hydroxyl groups is 1. The lowest BCUT2D eigenvalue weighted by Crippen LogP contribution is -2.36. The summed E-state index contributed by atoms with van der Waals surface area (Å²) in [5.74, 6) is -0.651. The highest BCUT2D eigenvalue weighted by atomic mass is 31.2. The molecule has 1 aromatic carbocycles. The highest BCUT2D eigenvalue weighted by Crippen LogP contribution is 2.45. The summed E-state index contributed by atoms with van der Waals surface area (Å²) in [5, 5.41) is 12.9. The van der Waals surface area contributed by atoms with Crippen molar-refractivity contribution in [3.63, 3.8) is 0 Å². The molecule has 35 heavy (non-hydrogen) atoms. The summed E-state index contributed by atoms with van der Waals surface area (Å²) in [7, 11) is -3.98. The Kier molecular flexibility index (Phi) is 9.17. The second-order valence-corrected chi connectivity index (χ2v) is 9.84. The molecule has 2 aromatic rings. The van der Waals surface area contributed by atoms with E-state index in [9.17, 15) is 24.1 Å². The molecule has 0 amide bonds. The van der Waals surface area contributed by atoms with Crippen LogP contribution < -0.4 is 16.3 Å². The number of carbonyl (C=O) groups excluding carboxylic acids is 1. The van der Waals surface area contributed by atoms with Gasteiger partial charge in [-0.05, 0) is 26.3 Å². The summed E-state index contributed by atoms with van der Waals surface area (Å²) >= 11 is 0. The first kappa shape index (κ1) is 27.0. The second kappa shape index (κ2) is 11.9. The van der Waals surface area contributed by atoms with Crippen LogP contribution in [0.2, 0.25) is 0 Å². The normalized spacial score (nSPS) is 22.5. The van der Waals surface area contributed by atoms with Crippen molar-refractivity contribution in [1.29, 1.82) is 0 Å². The molecule has 13 heteroatoms. The Hall–Kier alpha value is -2.60. The van der Waals surface area contributed by atoms with Crippen molar-refractivity contribution >= 4 is 13.7 Å². The highest BCUT2D eigenvalue weighted by Gasteiger charge is 2.38. The molecule has 3 N–H and O–H groups in total. The van der Waals surface area contributed by atoms with Crippen LogP contribution in [-0.4, -0.2) is 52.1 Å². The highest BCUT2D eigenvalue weighted by molar-refractivity contribution is 7.51. The Morgan fingerprint density at radius 3 is 2.71 bits per heavy atom. The molecule has 0 radical (unpaired) electrons. The molecule has 5 atom stereocenters. The summed E-state index contributed by atoms with van der Waals surface area (Å²) in [5.41, 5.74) is -0.0785. The molecule has 0 aliphatic carbocycles. The molecule has 192 valence electrons. The standard InChI is InChI=1S/C22H30N3O9P/c1-4-32-35(30,24-15(3)21(28)31-12-16-8-6-5-7-9-16)33-13-18-17(26)10-19(34-18)25-11-14(2)20(27)23-22(25)29/h5-9,11,15,17-19,26H,4,10,12-13H2,1-3H3,(H,24,30)(H,23,27,29)/t15?,17-,18+,19+,35?/m0/s1. The van der Waals surface area contributed by atoms with Gasteiger partial charge in [-0.1, -0.05) is 30.3 Å². The van der Waals surface area contributed by atoms with Gasteiger partial charge in [0.15, 0.2) is 0 Å². The van der Waals surface area contributed by atoms with E-state index in [0.717, 1.165) is 5.56 Å². The summed E-state index contributed by atoms with van der Waals surface area (Å²) in [6.45, 7) is 4.35. The first-order valence-electron chi connectivity index (χ1n) is 11.1. The fourth-order valence-electron chi connectivity index (χ4n) is 3.43. The monoisotopic (exact) mass is 511 g/mol. The molecule has 0 bridgehead atoms. The van der Waals surface area contributed by atoms with Crippen LogP contribution >= 0.6 is 7.75 Å². The Morgan fingerprint density at radius 2 is 2.03 bits per heavy atom. The predicted molar refractivity (Wildman–Crippen MR) is 125 cm³/mol. The Bertz CT molecular complexity index is 1170. The van der Waals surface area contributed by atoms with E-state index in [0.29, 0.717) is 5.56 Å². The summed E-state index contributed by atoms with van der Waals surface area (Å²) < 4.78 is 36.0. The van der Waals surface area contributed by atoms with E-state index in [-0.39, 0.29) is 26.2 Å². The predicted octanol–water partition coefficient (Wildman–Crippen LogP) is 1.38.